The summed E-state index contributed by atoms with van der Waals surface area (Å²) in [5.74, 6) is -0.293. The predicted molar refractivity (Wildman–Crippen MR) is 92.3 cm³/mol. The molecule has 0 radical (unpaired) electrons. The molecule has 3 rings (SSSR count). The third-order valence-corrected chi connectivity index (χ3v) is 3.88. The van der Waals surface area contributed by atoms with Gasteiger partial charge in [-0.05, 0) is 29.8 Å². The number of rotatable bonds is 5. The van der Waals surface area contributed by atoms with Gasteiger partial charge in [-0.1, -0.05) is 41.9 Å². The molecule has 5 nitrogen and oxygen atoms in total. The minimum atomic E-state index is -0.461. The fourth-order valence-electron chi connectivity index (χ4n) is 2.34. The number of aromatic nitrogens is 2. The van der Waals surface area contributed by atoms with Gasteiger partial charge in [-0.3, -0.25) is 4.79 Å². The summed E-state index contributed by atoms with van der Waals surface area (Å²) in [4.78, 5) is 12.4. The van der Waals surface area contributed by atoms with E-state index in [1.54, 1.807) is 23.0 Å². The third-order valence-electron chi connectivity index (χ3n) is 3.63. The molecule has 6 heteroatoms. The SMILES string of the molecule is O=C(NC(CO)c1ccccc1)c1cnn(-c2ccc(Cl)cc2)c1. The lowest BCUT2D eigenvalue weighted by atomic mass is 10.1. The highest BCUT2D eigenvalue weighted by Crippen LogP contribution is 2.15. The lowest BCUT2D eigenvalue weighted by molar-refractivity contribution is 0.0916. The molecule has 1 unspecified atom stereocenters. The van der Waals surface area contributed by atoms with Crippen molar-refractivity contribution in [2.24, 2.45) is 0 Å². The number of nitrogens with zero attached hydrogens (tertiary/aromatic N) is 2. The Morgan fingerprint density at radius 1 is 1.17 bits per heavy atom. The monoisotopic (exact) mass is 341 g/mol. The highest BCUT2D eigenvalue weighted by molar-refractivity contribution is 6.30. The largest absolute Gasteiger partial charge is 0.394 e. The van der Waals surface area contributed by atoms with Gasteiger partial charge < -0.3 is 10.4 Å². The molecule has 0 aliphatic heterocycles. The summed E-state index contributed by atoms with van der Waals surface area (Å²) in [5.41, 5.74) is 2.07. The number of benzene rings is 2. The lowest BCUT2D eigenvalue weighted by Crippen LogP contribution is -2.30. The maximum Gasteiger partial charge on any atom is 0.255 e. The van der Waals surface area contributed by atoms with Gasteiger partial charge in [0.1, 0.15) is 0 Å². The standard InChI is InChI=1S/C18H16ClN3O2/c19-15-6-8-16(9-7-15)22-11-14(10-20-22)18(24)21-17(12-23)13-4-2-1-3-5-13/h1-11,17,23H,12H2,(H,21,24). The van der Waals surface area contributed by atoms with Crippen LogP contribution in [0.15, 0.2) is 67.0 Å². The Hall–Kier alpha value is -2.63. The smallest absolute Gasteiger partial charge is 0.255 e. The average Bonchev–Trinajstić information content (AvgIpc) is 3.11. The zero-order chi connectivity index (χ0) is 16.9. The average molecular weight is 342 g/mol. The number of carbonyl (C=O) groups excluding carboxylic acids is 1. The normalized spacial score (nSPS) is 11.9. The molecular formula is C18H16ClN3O2. The second kappa shape index (κ2) is 7.29. The molecular weight excluding hydrogens is 326 g/mol. The molecule has 122 valence electrons. The summed E-state index contributed by atoms with van der Waals surface area (Å²) in [6, 6.07) is 16.0. The van der Waals surface area contributed by atoms with E-state index in [1.165, 1.54) is 6.20 Å². The van der Waals surface area contributed by atoms with Crippen molar-refractivity contribution in [1.29, 1.82) is 0 Å². The highest BCUT2D eigenvalue weighted by atomic mass is 35.5. The van der Waals surface area contributed by atoms with Gasteiger partial charge in [0.15, 0.2) is 0 Å². The van der Waals surface area contributed by atoms with E-state index in [-0.39, 0.29) is 12.5 Å². The van der Waals surface area contributed by atoms with Crippen molar-refractivity contribution in [2.45, 2.75) is 6.04 Å². The highest BCUT2D eigenvalue weighted by Gasteiger charge is 2.16. The molecule has 2 N–H and O–H groups in total. The van der Waals surface area contributed by atoms with E-state index in [1.807, 2.05) is 42.5 Å². The molecule has 0 aliphatic rings. The van der Waals surface area contributed by atoms with Crippen molar-refractivity contribution in [3.8, 4) is 5.69 Å². The van der Waals surface area contributed by atoms with Gasteiger partial charge in [-0.15, -0.1) is 0 Å². The van der Waals surface area contributed by atoms with E-state index in [0.717, 1.165) is 11.3 Å². The summed E-state index contributed by atoms with van der Waals surface area (Å²) in [6.45, 7) is -0.179. The second-order valence-corrected chi connectivity index (χ2v) is 5.71. The molecule has 1 amide bonds. The van der Waals surface area contributed by atoms with Crippen LogP contribution >= 0.6 is 11.6 Å². The van der Waals surface area contributed by atoms with Crippen LogP contribution in [0.1, 0.15) is 22.0 Å². The second-order valence-electron chi connectivity index (χ2n) is 5.27. The Balaban J connectivity index is 1.75. The van der Waals surface area contributed by atoms with Crippen LogP contribution < -0.4 is 5.32 Å². The number of carbonyl (C=O) groups is 1. The van der Waals surface area contributed by atoms with Gasteiger partial charge in [0, 0.05) is 11.2 Å². The molecule has 1 atom stereocenters. The van der Waals surface area contributed by atoms with Gasteiger partial charge in [-0.2, -0.15) is 5.10 Å². The maximum absolute atomic E-state index is 12.4. The van der Waals surface area contributed by atoms with Crippen LogP contribution in [-0.4, -0.2) is 27.4 Å². The van der Waals surface area contributed by atoms with Crippen LogP contribution in [0, 0.1) is 0 Å². The Morgan fingerprint density at radius 3 is 2.54 bits per heavy atom. The van der Waals surface area contributed by atoms with E-state index in [9.17, 15) is 9.90 Å². The van der Waals surface area contributed by atoms with E-state index in [0.29, 0.717) is 10.6 Å². The number of amides is 1. The summed E-state index contributed by atoms with van der Waals surface area (Å²) in [6.07, 6.45) is 3.13. The zero-order valence-electron chi connectivity index (χ0n) is 12.8. The van der Waals surface area contributed by atoms with E-state index >= 15 is 0 Å². The fraction of sp³-hybridized carbons (Fsp3) is 0.111. The van der Waals surface area contributed by atoms with Gasteiger partial charge in [0.2, 0.25) is 0 Å². The minimum Gasteiger partial charge on any atom is -0.394 e. The molecule has 0 saturated carbocycles. The van der Waals surface area contributed by atoms with Gasteiger partial charge >= 0.3 is 0 Å². The molecule has 0 spiro atoms. The lowest BCUT2D eigenvalue weighted by Gasteiger charge is -2.16. The predicted octanol–water partition coefficient (Wildman–Crippen LogP) is 2.99. The minimum absolute atomic E-state index is 0.179. The number of halogens is 1. The summed E-state index contributed by atoms with van der Waals surface area (Å²) >= 11 is 5.87. The van der Waals surface area contributed by atoms with Gasteiger partial charge in [-0.25, -0.2) is 4.68 Å². The Morgan fingerprint density at radius 2 is 1.88 bits per heavy atom. The number of hydrogen-bond acceptors (Lipinski definition) is 3. The number of aliphatic hydroxyl groups excluding tert-OH is 1. The van der Waals surface area contributed by atoms with Crippen LogP contribution in [0.25, 0.3) is 5.69 Å². The van der Waals surface area contributed by atoms with Crippen molar-refractivity contribution in [3.05, 3.63) is 83.1 Å². The zero-order valence-corrected chi connectivity index (χ0v) is 13.5. The first kappa shape index (κ1) is 16.2. The van der Waals surface area contributed by atoms with E-state index in [4.69, 9.17) is 11.6 Å². The van der Waals surface area contributed by atoms with Crippen LogP contribution in [0.5, 0.6) is 0 Å². The van der Waals surface area contributed by atoms with Crippen LogP contribution in [-0.2, 0) is 0 Å². The maximum atomic E-state index is 12.4. The molecule has 0 bridgehead atoms. The number of nitrogens with one attached hydrogen (secondary N) is 1. The van der Waals surface area contributed by atoms with Gasteiger partial charge in [0.05, 0.1) is 30.1 Å². The topological polar surface area (TPSA) is 67.2 Å². The molecule has 1 heterocycles. The van der Waals surface area contributed by atoms with Crippen molar-refractivity contribution in [3.63, 3.8) is 0 Å². The van der Waals surface area contributed by atoms with Crippen molar-refractivity contribution in [1.82, 2.24) is 15.1 Å². The molecule has 0 fully saturated rings. The summed E-state index contributed by atoms with van der Waals surface area (Å²) < 4.78 is 1.60. The first-order chi connectivity index (χ1) is 11.7. The first-order valence-electron chi connectivity index (χ1n) is 7.44. The molecule has 0 saturated heterocycles. The molecule has 0 aliphatic carbocycles. The molecule has 3 aromatic rings. The van der Waals surface area contributed by atoms with E-state index < -0.39 is 6.04 Å². The quantitative estimate of drug-likeness (QED) is 0.749. The molecule has 1 aromatic heterocycles. The Labute approximate surface area is 144 Å². The number of aliphatic hydroxyl groups is 1. The van der Waals surface area contributed by atoms with Crippen LogP contribution in [0.3, 0.4) is 0 Å². The van der Waals surface area contributed by atoms with Crippen LogP contribution in [0.2, 0.25) is 5.02 Å². The summed E-state index contributed by atoms with van der Waals surface area (Å²) in [7, 11) is 0. The van der Waals surface area contributed by atoms with Crippen molar-refractivity contribution >= 4 is 17.5 Å². The van der Waals surface area contributed by atoms with Crippen molar-refractivity contribution < 1.29 is 9.90 Å². The molecule has 2 aromatic carbocycles. The van der Waals surface area contributed by atoms with Gasteiger partial charge in [0.25, 0.3) is 5.91 Å². The third kappa shape index (κ3) is 3.64. The number of hydrogen-bond donors (Lipinski definition) is 2. The first-order valence-corrected chi connectivity index (χ1v) is 7.82. The van der Waals surface area contributed by atoms with E-state index in [2.05, 4.69) is 10.4 Å². The Bertz CT molecular complexity index is 816. The molecule has 24 heavy (non-hydrogen) atoms. The van der Waals surface area contributed by atoms with Crippen molar-refractivity contribution in [2.75, 3.05) is 6.61 Å². The summed E-state index contributed by atoms with van der Waals surface area (Å²) in [5, 5.41) is 17.2. The fourth-order valence-corrected chi connectivity index (χ4v) is 2.46. The Kier molecular flexibility index (Phi) is 4.93. The van der Waals surface area contributed by atoms with Crippen LogP contribution in [0.4, 0.5) is 0 Å².